The summed E-state index contributed by atoms with van der Waals surface area (Å²) in [5.74, 6) is 2.07. The second-order valence-corrected chi connectivity index (χ2v) is 7.03. The van der Waals surface area contributed by atoms with Gasteiger partial charge in [0.15, 0.2) is 11.5 Å². The van der Waals surface area contributed by atoms with Crippen LogP contribution in [0, 0.1) is 19.8 Å². The highest BCUT2D eigenvalue weighted by molar-refractivity contribution is 5.79. The molecule has 3 rings (SSSR count). The number of ether oxygens (including phenoxy) is 2. The van der Waals surface area contributed by atoms with E-state index in [0.29, 0.717) is 31.2 Å². The Labute approximate surface area is 166 Å². The third-order valence-electron chi connectivity index (χ3n) is 4.77. The summed E-state index contributed by atoms with van der Waals surface area (Å²) >= 11 is 0. The first-order chi connectivity index (χ1) is 13.6. The summed E-state index contributed by atoms with van der Waals surface area (Å²) in [7, 11) is 1.61. The number of aryl methyl sites for hydroxylation is 2. The van der Waals surface area contributed by atoms with Crippen molar-refractivity contribution >= 4 is 11.9 Å². The normalized spacial score (nSPS) is 16.5. The number of anilines is 1. The van der Waals surface area contributed by atoms with Crippen molar-refractivity contribution in [3.63, 3.8) is 0 Å². The fourth-order valence-electron chi connectivity index (χ4n) is 3.44. The van der Waals surface area contributed by atoms with E-state index >= 15 is 0 Å². The molecule has 1 aliphatic rings. The van der Waals surface area contributed by atoms with Gasteiger partial charge >= 0.3 is 0 Å². The van der Waals surface area contributed by atoms with Crippen molar-refractivity contribution in [3.8, 4) is 11.5 Å². The number of aromatic nitrogens is 2. The van der Waals surface area contributed by atoms with Crippen LogP contribution in [0.5, 0.6) is 11.5 Å². The Kier molecular flexibility index (Phi) is 6.68. The maximum Gasteiger partial charge on any atom is 0.225 e. The number of methoxy groups -OCH3 is 1. The van der Waals surface area contributed by atoms with Crippen LogP contribution in [0.4, 0.5) is 5.95 Å². The predicted octanol–water partition coefficient (Wildman–Crippen LogP) is 2.51. The summed E-state index contributed by atoms with van der Waals surface area (Å²) in [6.45, 7) is 6.30. The van der Waals surface area contributed by atoms with E-state index in [1.165, 1.54) is 0 Å². The highest BCUT2D eigenvalue weighted by Crippen LogP contribution is 2.25. The zero-order valence-electron chi connectivity index (χ0n) is 16.8. The molecule has 28 heavy (non-hydrogen) atoms. The first kappa shape index (κ1) is 19.9. The van der Waals surface area contributed by atoms with Gasteiger partial charge in [-0.2, -0.15) is 0 Å². The lowest BCUT2D eigenvalue weighted by molar-refractivity contribution is -0.125. The zero-order chi connectivity index (χ0) is 19.9. The minimum atomic E-state index is -0.0653. The molecule has 0 saturated carbocycles. The smallest absolute Gasteiger partial charge is 0.225 e. The number of nitrogens with one attached hydrogen (secondary N) is 1. The summed E-state index contributed by atoms with van der Waals surface area (Å²) in [4.78, 5) is 23.8. The van der Waals surface area contributed by atoms with E-state index in [1.54, 1.807) is 7.11 Å². The molecular formula is C21H28N4O3. The van der Waals surface area contributed by atoms with Crippen LogP contribution in [0.3, 0.4) is 0 Å². The predicted molar refractivity (Wildman–Crippen MR) is 108 cm³/mol. The lowest BCUT2D eigenvalue weighted by Gasteiger charge is -2.32. The number of benzene rings is 1. The van der Waals surface area contributed by atoms with Crippen LogP contribution in [0.15, 0.2) is 30.3 Å². The molecule has 0 bridgehead atoms. The summed E-state index contributed by atoms with van der Waals surface area (Å²) < 4.78 is 11.0. The lowest BCUT2D eigenvalue weighted by atomic mass is 9.97. The second kappa shape index (κ2) is 9.39. The van der Waals surface area contributed by atoms with E-state index in [9.17, 15) is 4.79 Å². The third kappa shape index (κ3) is 5.12. The number of rotatable bonds is 7. The Balaban J connectivity index is 1.49. The Morgan fingerprint density at radius 2 is 1.93 bits per heavy atom. The molecule has 1 aliphatic heterocycles. The van der Waals surface area contributed by atoms with Gasteiger partial charge < -0.3 is 19.7 Å². The summed E-state index contributed by atoms with van der Waals surface area (Å²) in [5.41, 5.74) is 1.89. The minimum absolute atomic E-state index is 0.0534. The maximum atomic E-state index is 12.6. The number of para-hydroxylation sites is 2. The SMILES string of the molecule is COc1ccccc1OCCNC(=O)C1CCCN(c2nc(C)cc(C)n2)C1. The van der Waals surface area contributed by atoms with Crippen LogP contribution in [0.2, 0.25) is 0 Å². The largest absolute Gasteiger partial charge is 0.493 e. The van der Waals surface area contributed by atoms with E-state index in [0.717, 1.165) is 36.7 Å². The maximum absolute atomic E-state index is 12.6. The average Bonchev–Trinajstić information content (AvgIpc) is 2.70. The van der Waals surface area contributed by atoms with Gasteiger partial charge in [-0.3, -0.25) is 4.79 Å². The average molecular weight is 384 g/mol. The number of nitrogens with zero attached hydrogens (tertiary/aromatic N) is 3. The molecular weight excluding hydrogens is 356 g/mol. The van der Waals surface area contributed by atoms with E-state index in [4.69, 9.17) is 9.47 Å². The van der Waals surface area contributed by atoms with Gasteiger partial charge in [-0.05, 0) is 44.9 Å². The Bertz CT molecular complexity index is 792. The van der Waals surface area contributed by atoms with Crippen LogP contribution in [-0.2, 0) is 4.79 Å². The third-order valence-corrected chi connectivity index (χ3v) is 4.77. The molecule has 1 atom stereocenters. The molecule has 1 aromatic heterocycles. The van der Waals surface area contributed by atoms with E-state index in [1.807, 2.05) is 44.2 Å². The molecule has 2 heterocycles. The van der Waals surface area contributed by atoms with Gasteiger partial charge in [0.25, 0.3) is 0 Å². The number of hydrogen-bond acceptors (Lipinski definition) is 6. The fraction of sp³-hybridized carbons (Fsp3) is 0.476. The molecule has 2 aromatic rings. The van der Waals surface area contributed by atoms with Crippen LogP contribution in [0.1, 0.15) is 24.2 Å². The number of carbonyl (C=O) groups excluding carboxylic acids is 1. The molecule has 1 fully saturated rings. The Morgan fingerprint density at radius 3 is 2.64 bits per heavy atom. The summed E-state index contributed by atoms with van der Waals surface area (Å²) in [6, 6.07) is 9.44. The standard InChI is InChI=1S/C21H28N4O3/c1-15-13-16(2)24-21(23-15)25-11-6-7-17(14-25)20(26)22-10-12-28-19-9-5-4-8-18(19)27-3/h4-5,8-9,13,17H,6-7,10-12,14H2,1-3H3,(H,22,26). The molecule has 7 heteroatoms. The monoisotopic (exact) mass is 384 g/mol. The topological polar surface area (TPSA) is 76.6 Å². The van der Waals surface area contributed by atoms with Gasteiger partial charge in [0.2, 0.25) is 11.9 Å². The number of hydrogen-bond donors (Lipinski definition) is 1. The van der Waals surface area contributed by atoms with Crippen molar-refractivity contribution in [1.82, 2.24) is 15.3 Å². The molecule has 1 N–H and O–H groups in total. The minimum Gasteiger partial charge on any atom is -0.493 e. The van der Waals surface area contributed by atoms with Crippen molar-refractivity contribution in [2.24, 2.45) is 5.92 Å². The van der Waals surface area contributed by atoms with Gasteiger partial charge in [0.1, 0.15) is 6.61 Å². The van der Waals surface area contributed by atoms with E-state index in [-0.39, 0.29) is 11.8 Å². The second-order valence-electron chi connectivity index (χ2n) is 7.03. The van der Waals surface area contributed by atoms with Gasteiger partial charge in [0.05, 0.1) is 19.6 Å². The van der Waals surface area contributed by atoms with Crippen molar-refractivity contribution in [1.29, 1.82) is 0 Å². The summed E-state index contributed by atoms with van der Waals surface area (Å²) in [5, 5.41) is 2.98. The number of carbonyl (C=O) groups is 1. The molecule has 0 radical (unpaired) electrons. The van der Waals surface area contributed by atoms with Crippen LogP contribution < -0.4 is 19.7 Å². The van der Waals surface area contributed by atoms with Crippen molar-refractivity contribution in [2.45, 2.75) is 26.7 Å². The quantitative estimate of drug-likeness (QED) is 0.739. The first-order valence-electron chi connectivity index (χ1n) is 9.67. The van der Waals surface area contributed by atoms with Gasteiger partial charge in [0, 0.05) is 24.5 Å². The van der Waals surface area contributed by atoms with E-state index in [2.05, 4.69) is 20.2 Å². The zero-order valence-corrected chi connectivity index (χ0v) is 16.8. The molecule has 1 saturated heterocycles. The fourth-order valence-corrected chi connectivity index (χ4v) is 3.44. The van der Waals surface area contributed by atoms with E-state index < -0.39 is 0 Å². The van der Waals surface area contributed by atoms with Crippen molar-refractivity contribution in [3.05, 3.63) is 41.7 Å². The van der Waals surface area contributed by atoms with Gasteiger partial charge in [-0.15, -0.1) is 0 Å². The van der Waals surface area contributed by atoms with Crippen LogP contribution in [-0.4, -0.2) is 49.2 Å². The Morgan fingerprint density at radius 1 is 1.21 bits per heavy atom. The van der Waals surface area contributed by atoms with Gasteiger partial charge in [-0.25, -0.2) is 9.97 Å². The molecule has 7 nitrogen and oxygen atoms in total. The van der Waals surface area contributed by atoms with Crippen molar-refractivity contribution in [2.75, 3.05) is 38.3 Å². The number of amides is 1. The molecule has 1 aromatic carbocycles. The highest BCUT2D eigenvalue weighted by atomic mass is 16.5. The lowest BCUT2D eigenvalue weighted by Crippen LogP contribution is -2.44. The summed E-state index contributed by atoms with van der Waals surface area (Å²) in [6.07, 6.45) is 1.83. The van der Waals surface area contributed by atoms with Crippen molar-refractivity contribution < 1.29 is 14.3 Å². The molecule has 0 spiro atoms. The van der Waals surface area contributed by atoms with Gasteiger partial charge in [-0.1, -0.05) is 12.1 Å². The highest BCUT2D eigenvalue weighted by Gasteiger charge is 2.27. The molecule has 0 aliphatic carbocycles. The molecule has 1 unspecified atom stereocenters. The molecule has 150 valence electrons. The molecule has 1 amide bonds. The first-order valence-corrected chi connectivity index (χ1v) is 9.67. The van der Waals surface area contributed by atoms with Crippen LogP contribution in [0.25, 0.3) is 0 Å². The Hall–Kier alpha value is -2.83. The number of piperidine rings is 1. The van der Waals surface area contributed by atoms with Crippen LogP contribution >= 0.6 is 0 Å².